The van der Waals surface area contributed by atoms with Gasteiger partial charge in [0.15, 0.2) is 0 Å². The molecule has 0 atom stereocenters. The molecule has 0 bridgehead atoms. The molecule has 15 heavy (non-hydrogen) atoms. The third kappa shape index (κ3) is 2.84. The van der Waals surface area contributed by atoms with Crippen LogP contribution < -0.4 is 9.44 Å². The van der Waals surface area contributed by atoms with Crippen molar-refractivity contribution in [3.8, 4) is 5.75 Å². The highest BCUT2D eigenvalue weighted by Crippen LogP contribution is 2.25. The van der Waals surface area contributed by atoms with Gasteiger partial charge in [0.1, 0.15) is 5.75 Å². The number of phenolic OH excluding ortho intramolecular Hbond substituents is 1. The molecule has 0 saturated carbocycles. The molecule has 0 aliphatic carbocycles. The molecule has 0 radical (unpaired) electrons. The number of benzene rings is 1. The number of hydrogen-bond acceptors (Lipinski definition) is 3. The van der Waals surface area contributed by atoms with E-state index in [0.29, 0.717) is 16.8 Å². The van der Waals surface area contributed by atoms with E-state index in [-0.39, 0.29) is 5.75 Å². The molecule has 1 aromatic rings. The van der Waals surface area contributed by atoms with Gasteiger partial charge in [-0.05, 0) is 37.1 Å². The summed E-state index contributed by atoms with van der Waals surface area (Å²) in [5.74, 6) is 0.153. The van der Waals surface area contributed by atoms with Crippen molar-refractivity contribution in [1.82, 2.24) is 4.72 Å². The van der Waals surface area contributed by atoms with E-state index >= 15 is 0 Å². The molecule has 6 heteroatoms. The van der Waals surface area contributed by atoms with E-state index in [1.54, 1.807) is 19.9 Å². The minimum Gasteiger partial charge on any atom is -0.508 e. The molecule has 0 saturated heterocycles. The van der Waals surface area contributed by atoms with Crippen molar-refractivity contribution in [3.63, 3.8) is 0 Å². The lowest BCUT2D eigenvalue weighted by atomic mass is 10.1. The van der Waals surface area contributed by atoms with Gasteiger partial charge in [0.25, 0.3) is 10.2 Å². The summed E-state index contributed by atoms with van der Waals surface area (Å²) in [7, 11) is -2.18. The lowest BCUT2D eigenvalue weighted by molar-refractivity contribution is 0.471. The Morgan fingerprint density at radius 1 is 1.20 bits per heavy atom. The smallest absolute Gasteiger partial charge is 0.298 e. The molecule has 0 heterocycles. The first-order valence-electron chi connectivity index (χ1n) is 4.37. The Hall–Kier alpha value is -1.27. The van der Waals surface area contributed by atoms with Crippen LogP contribution in [0.25, 0.3) is 0 Å². The Bertz CT molecular complexity index is 468. The molecule has 0 spiro atoms. The molecule has 0 aliphatic heterocycles. The van der Waals surface area contributed by atoms with Crippen LogP contribution in [0.4, 0.5) is 5.69 Å². The largest absolute Gasteiger partial charge is 0.508 e. The summed E-state index contributed by atoms with van der Waals surface area (Å²) in [6.07, 6.45) is 0. The Balaban J connectivity index is 3.12. The SMILES string of the molecule is CNS(=O)(=O)Nc1cc(C)c(O)cc1C. The van der Waals surface area contributed by atoms with Gasteiger partial charge >= 0.3 is 0 Å². The fourth-order valence-corrected chi connectivity index (χ4v) is 1.72. The highest BCUT2D eigenvalue weighted by Gasteiger charge is 2.10. The first-order valence-corrected chi connectivity index (χ1v) is 5.85. The zero-order valence-electron chi connectivity index (χ0n) is 8.83. The summed E-state index contributed by atoms with van der Waals surface area (Å²) < 4.78 is 27.0. The van der Waals surface area contributed by atoms with Crippen molar-refractivity contribution in [2.45, 2.75) is 13.8 Å². The molecular formula is C9H14N2O3S. The minimum atomic E-state index is -3.51. The maximum atomic E-state index is 11.2. The predicted octanol–water partition coefficient (Wildman–Crippen LogP) is 0.885. The second-order valence-corrected chi connectivity index (χ2v) is 4.88. The van der Waals surface area contributed by atoms with Crippen molar-refractivity contribution < 1.29 is 13.5 Å². The van der Waals surface area contributed by atoms with Gasteiger partial charge < -0.3 is 5.11 Å². The molecule has 84 valence electrons. The quantitative estimate of drug-likeness (QED) is 0.675. The van der Waals surface area contributed by atoms with Gasteiger partial charge in [-0.3, -0.25) is 4.72 Å². The Labute approximate surface area is 89.3 Å². The number of anilines is 1. The maximum Gasteiger partial charge on any atom is 0.298 e. The van der Waals surface area contributed by atoms with E-state index in [2.05, 4.69) is 9.44 Å². The number of nitrogens with one attached hydrogen (secondary N) is 2. The normalized spacial score (nSPS) is 11.4. The van der Waals surface area contributed by atoms with Gasteiger partial charge in [-0.25, -0.2) is 4.72 Å². The van der Waals surface area contributed by atoms with Crippen LogP contribution >= 0.6 is 0 Å². The standard InChI is InChI=1S/C9H14N2O3S/c1-6-5-9(12)7(2)4-8(6)11-15(13,14)10-3/h4-5,10-12H,1-3H3. The number of rotatable bonds is 3. The topological polar surface area (TPSA) is 78.4 Å². The minimum absolute atomic E-state index is 0.153. The van der Waals surface area contributed by atoms with E-state index in [0.717, 1.165) is 0 Å². The Morgan fingerprint density at radius 3 is 2.33 bits per heavy atom. The van der Waals surface area contributed by atoms with Crippen molar-refractivity contribution in [1.29, 1.82) is 0 Å². The molecule has 1 rings (SSSR count). The average Bonchev–Trinajstić information content (AvgIpc) is 2.14. The van der Waals surface area contributed by atoms with Gasteiger partial charge in [-0.15, -0.1) is 0 Å². The maximum absolute atomic E-state index is 11.2. The summed E-state index contributed by atoms with van der Waals surface area (Å²) in [6.45, 7) is 3.42. The van der Waals surface area contributed by atoms with E-state index in [1.807, 2.05) is 0 Å². The fraction of sp³-hybridized carbons (Fsp3) is 0.333. The summed E-state index contributed by atoms with van der Waals surface area (Å²) >= 11 is 0. The molecular weight excluding hydrogens is 216 g/mol. The van der Waals surface area contributed by atoms with E-state index in [1.165, 1.54) is 13.1 Å². The fourth-order valence-electron chi connectivity index (χ4n) is 1.11. The van der Waals surface area contributed by atoms with Gasteiger partial charge in [0.05, 0.1) is 5.69 Å². The first-order chi connectivity index (χ1) is 6.85. The molecule has 0 amide bonds. The lowest BCUT2D eigenvalue weighted by Crippen LogP contribution is -2.26. The van der Waals surface area contributed by atoms with Crippen LogP contribution in [0.15, 0.2) is 12.1 Å². The predicted molar refractivity (Wildman–Crippen MR) is 59.2 cm³/mol. The van der Waals surface area contributed by atoms with Gasteiger partial charge in [-0.1, -0.05) is 0 Å². The lowest BCUT2D eigenvalue weighted by Gasteiger charge is -2.11. The van der Waals surface area contributed by atoms with E-state index < -0.39 is 10.2 Å². The number of aromatic hydroxyl groups is 1. The Kier molecular flexibility index (Phi) is 3.21. The summed E-state index contributed by atoms with van der Waals surface area (Å²) in [5, 5.41) is 9.39. The molecule has 5 nitrogen and oxygen atoms in total. The van der Waals surface area contributed by atoms with Crippen LogP contribution in [0.3, 0.4) is 0 Å². The first kappa shape index (κ1) is 11.8. The number of aryl methyl sites for hydroxylation is 2. The van der Waals surface area contributed by atoms with Crippen molar-refractivity contribution in [2.75, 3.05) is 11.8 Å². The highest BCUT2D eigenvalue weighted by atomic mass is 32.2. The van der Waals surface area contributed by atoms with Gasteiger partial charge in [0.2, 0.25) is 0 Å². The van der Waals surface area contributed by atoms with Crippen molar-refractivity contribution >= 4 is 15.9 Å². The summed E-state index contributed by atoms with van der Waals surface area (Å²) in [6, 6.07) is 3.10. The second kappa shape index (κ2) is 4.08. The monoisotopic (exact) mass is 230 g/mol. The van der Waals surface area contributed by atoms with Crippen LogP contribution in [0.1, 0.15) is 11.1 Å². The van der Waals surface area contributed by atoms with Crippen molar-refractivity contribution in [3.05, 3.63) is 23.3 Å². The van der Waals surface area contributed by atoms with Gasteiger partial charge in [0, 0.05) is 7.05 Å². The average molecular weight is 230 g/mol. The van der Waals surface area contributed by atoms with Crippen LogP contribution in [-0.4, -0.2) is 20.6 Å². The van der Waals surface area contributed by atoms with Crippen LogP contribution in [-0.2, 0) is 10.2 Å². The van der Waals surface area contributed by atoms with Crippen LogP contribution in [0, 0.1) is 13.8 Å². The molecule has 0 aliphatic rings. The molecule has 0 unspecified atom stereocenters. The zero-order chi connectivity index (χ0) is 11.6. The number of phenols is 1. The van der Waals surface area contributed by atoms with E-state index in [9.17, 15) is 13.5 Å². The summed E-state index contributed by atoms with van der Waals surface area (Å²) in [5.41, 5.74) is 1.74. The zero-order valence-corrected chi connectivity index (χ0v) is 9.64. The third-order valence-corrected chi connectivity index (χ3v) is 3.08. The molecule has 0 aromatic heterocycles. The molecule has 0 fully saturated rings. The van der Waals surface area contributed by atoms with Crippen LogP contribution in [0.2, 0.25) is 0 Å². The molecule has 3 N–H and O–H groups in total. The summed E-state index contributed by atoms with van der Waals surface area (Å²) in [4.78, 5) is 0. The highest BCUT2D eigenvalue weighted by molar-refractivity contribution is 7.90. The number of hydrogen-bond donors (Lipinski definition) is 3. The second-order valence-electron chi connectivity index (χ2n) is 3.26. The van der Waals surface area contributed by atoms with Crippen molar-refractivity contribution in [2.24, 2.45) is 0 Å². The third-order valence-electron chi connectivity index (χ3n) is 2.06. The van der Waals surface area contributed by atoms with Crippen LogP contribution in [0.5, 0.6) is 5.75 Å². The van der Waals surface area contributed by atoms with Gasteiger partial charge in [-0.2, -0.15) is 8.42 Å². The molecule has 1 aromatic carbocycles. The van der Waals surface area contributed by atoms with E-state index in [4.69, 9.17) is 0 Å². The Morgan fingerprint density at radius 2 is 1.80 bits per heavy atom.